The standard InChI is InChI=1S/C15H19N5O3/c1-9-6-13(19-23-9)18-14(21)10(2)20-5-4-12-11(7-20)15(22-3)17-8-16-12/h6,8,10H,4-5,7H2,1-3H3,(H,18,19,21)/t10-/m0/s1. The fourth-order valence-electron chi connectivity index (χ4n) is 2.66. The topological polar surface area (TPSA) is 93.4 Å². The van der Waals surface area contributed by atoms with Crippen LogP contribution in [0.15, 0.2) is 16.9 Å². The van der Waals surface area contributed by atoms with Gasteiger partial charge in [0.25, 0.3) is 0 Å². The van der Waals surface area contributed by atoms with Crippen molar-refractivity contribution in [1.82, 2.24) is 20.0 Å². The lowest BCUT2D eigenvalue weighted by Crippen LogP contribution is -2.44. The molecule has 1 aliphatic rings. The van der Waals surface area contributed by atoms with Crippen LogP contribution in [0.5, 0.6) is 5.88 Å². The van der Waals surface area contributed by atoms with Crippen LogP contribution in [0.25, 0.3) is 0 Å². The molecule has 0 unspecified atom stereocenters. The molecule has 3 heterocycles. The molecule has 122 valence electrons. The van der Waals surface area contributed by atoms with Gasteiger partial charge >= 0.3 is 0 Å². The molecule has 0 bridgehead atoms. The zero-order chi connectivity index (χ0) is 16.4. The van der Waals surface area contributed by atoms with E-state index < -0.39 is 0 Å². The number of hydrogen-bond donors (Lipinski definition) is 1. The second-order valence-electron chi connectivity index (χ2n) is 5.52. The summed E-state index contributed by atoms with van der Waals surface area (Å²) in [4.78, 5) is 22.9. The minimum absolute atomic E-state index is 0.127. The van der Waals surface area contributed by atoms with Crippen LogP contribution in [-0.4, -0.2) is 45.6 Å². The number of nitrogens with zero attached hydrogens (tertiary/aromatic N) is 4. The van der Waals surface area contributed by atoms with Crippen LogP contribution in [0, 0.1) is 6.92 Å². The van der Waals surface area contributed by atoms with E-state index in [1.165, 1.54) is 6.33 Å². The van der Waals surface area contributed by atoms with Gasteiger partial charge < -0.3 is 14.6 Å². The van der Waals surface area contributed by atoms with Gasteiger partial charge in [-0.2, -0.15) is 0 Å². The molecule has 0 aromatic carbocycles. The van der Waals surface area contributed by atoms with Crippen molar-refractivity contribution in [3.63, 3.8) is 0 Å². The maximum Gasteiger partial charge on any atom is 0.242 e. The second-order valence-corrected chi connectivity index (χ2v) is 5.52. The largest absolute Gasteiger partial charge is 0.481 e. The van der Waals surface area contributed by atoms with Gasteiger partial charge in [0.05, 0.1) is 18.8 Å². The number of carbonyl (C=O) groups is 1. The Bertz CT molecular complexity index is 701. The van der Waals surface area contributed by atoms with Crippen LogP contribution < -0.4 is 10.1 Å². The molecule has 2 aromatic rings. The highest BCUT2D eigenvalue weighted by Gasteiger charge is 2.28. The Morgan fingerprint density at radius 1 is 1.48 bits per heavy atom. The lowest BCUT2D eigenvalue weighted by atomic mass is 10.0. The third-order valence-corrected chi connectivity index (χ3v) is 3.99. The predicted octanol–water partition coefficient (Wildman–Crippen LogP) is 1.17. The van der Waals surface area contributed by atoms with Crippen LogP contribution in [0.2, 0.25) is 0 Å². The van der Waals surface area contributed by atoms with Crippen molar-refractivity contribution in [2.24, 2.45) is 0 Å². The molecule has 8 heteroatoms. The molecule has 0 saturated heterocycles. The Balaban J connectivity index is 1.71. The summed E-state index contributed by atoms with van der Waals surface area (Å²) in [6.07, 6.45) is 2.27. The van der Waals surface area contributed by atoms with Crippen molar-refractivity contribution in [3.8, 4) is 5.88 Å². The van der Waals surface area contributed by atoms with Crippen molar-refractivity contribution in [2.45, 2.75) is 32.9 Å². The number of nitrogens with one attached hydrogen (secondary N) is 1. The molecule has 0 fully saturated rings. The molecule has 0 aliphatic carbocycles. The maximum atomic E-state index is 12.4. The summed E-state index contributed by atoms with van der Waals surface area (Å²) < 4.78 is 10.3. The lowest BCUT2D eigenvalue weighted by Gasteiger charge is -2.32. The first kappa shape index (κ1) is 15.4. The zero-order valence-corrected chi connectivity index (χ0v) is 13.4. The Kier molecular flexibility index (Phi) is 4.24. The molecule has 23 heavy (non-hydrogen) atoms. The fraction of sp³-hybridized carbons (Fsp3) is 0.467. The molecule has 0 saturated carbocycles. The molecular formula is C15H19N5O3. The summed E-state index contributed by atoms with van der Waals surface area (Å²) in [7, 11) is 1.59. The van der Waals surface area contributed by atoms with Crippen molar-refractivity contribution in [3.05, 3.63) is 29.4 Å². The number of aromatic nitrogens is 3. The molecule has 0 radical (unpaired) electrons. The van der Waals surface area contributed by atoms with Gasteiger partial charge in [-0.1, -0.05) is 5.16 Å². The average molecular weight is 317 g/mol. The van der Waals surface area contributed by atoms with E-state index in [4.69, 9.17) is 9.26 Å². The Morgan fingerprint density at radius 2 is 2.30 bits per heavy atom. The summed E-state index contributed by atoms with van der Waals surface area (Å²) in [5, 5.41) is 6.55. The molecule has 1 N–H and O–H groups in total. The Hall–Kier alpha value is -2.48. The van der Waals surface area contributed by atoms with E-state index in [9.17, 15) is 4.79 Å². The van der Waals surface area contributed by atoms with Crippen molar-refractivity contribution >= 4 is 11.7 Å². The van der Waals surface area contributed by atoms with Gasteiger partial charge in [0.1, 0.15) is 12.1 Å². The molecule has 3 rings (SSSR count). The van der Waals surface area contributed by atoms with Gasteiger partial charge in [-0.05, 0) is 13.8 Å². The van der Waals surface area contributed by atoms with E-state index in [1.807, 2.05) is 6.92 Å². The van der Waals surface area contributed by atoms with E-state index >= 15 is 0 Å². The summed E-state index contributed by atoms with van der Waals surface area (Å²) in [6, 6.07) is 1.37. The van der Waals surface area contributed by atoms with E-state index in [-0.39, 0.29) is 11.9 Å². The van der Waals surface area contributed by atoms with E-state index in [1.54, 1.807) is 20.1 Å². The minimum atomic E-state index is -0.315. The van der Waals surface area contributed by atoms with Gasteiger partial charge in [0.15, 0.2) is 5.82 Å². The lowest BCUT2D eigenvalue weighted by molar-refractivity contribution is -0.121. The summed E-state index contributed by atoms with van der Waals surface area (Å²) in [5.74, 6) is 1.52. The van der Waals surface area contributed by atoms with Crippen molar-refractivity contribution < 1.29 is 14.1 Å². The van der Waals surface area contributed by atoms with E-state index in [2.05, 4.69) is 25.3 Å². The number of methoxy groups -OCH3 is 1. The predicted molar refractivity (Wildman–Crippen MR) is 82.0 cm³/mol. The van der Waals surface area contributed by atoms with E-state index in [0.29, 0.717) is 24.0 Å². The first-order chi connectivity index (χ1) is 11.1. The van der Waals surface area contributed by atoms with Crippen molar-refractivity contribution in [1.29, 1.82) is 0 Å². The number of fused-ring (bicyclic) bond motifs is 1. The molecule has 2 aromatic heterocycles. The summed E-state index contributed by atoms with van der Waals surface area (Å²) >= 11 is 0. The van der Waals surface area contributed by atoms with Gasteiger partial charge in [0.2, 0.25) is 11.8 Å². The number of anilines is 1. The van der Waals surface area contributed by atoms with Crippen LogP contribution in [0.1, 0.15) is 23.9 Å². The number of ether oxygens (including phenoxy) is 1. The average Bonchev–Trinajstić information content (AvgIpc) is 2.97. The number of carbonyl (C=O) groups excluding carboxylic acids is 1. The van der Waals surface area contributed by atoms with Crippen LogP contribution in [0.4, 0.5) is 5.82 Å². The highest BCUT2D eigenvalue weighted by molar-refractivity contribution is 5.93. The van der Waals surface area contributed by atoms with Crippen LogP contribution >= 0.6 is 0 Å². The molecule has 1 amide bonds. The summed E-state index contributed by atoms with van der Waals surface area (Å²) in [6.45, 7) is 4.97. The molecule has 1 aliphatic heterocycles. The highest BCUT2D eigenvalue weighted by atomic mass is 16.5. The second kappa shape index (κ2) is 6.33. The number of rotatable bonds is 4. The SMILES string of the molecule is COc1ncnc2c1CN([C@@H](C)C(=O)Nc1cc(C)on1)CC2. The third kappa shape index (κ3) is 3.16. The van der Waals surface area contributed by atoms with Gasteiger partial charge in [-0.3, -0.25) is 9.69 Å². The Morgan fingerprint density at radius 3 is 3.00 bits per heavy atom. The normalized spacial score (nSPS) is 15.8. The van der Waals surface area contributed by atoms with Gasteiger partial charge in [-0.25, -0.2) is 9.97 Å². The molecule has 0 spiro atoms. The Labute approximate surface area is 133 Å². The van der Waals surface area contributed by atoms with Crippen LogP contribution in [0.3, 0.4) is 0 Å². The first-order valence-electron chi connectivity index (χ1n) is 7.43. The number of amides is 1. The first-order valence-corrected chi connectivity index (χ1v) is 7.43. The maximum absolute atomic E-state index is 12.4. The van der Waals surface area contributed by atoms with Crippen LogP contribution in [-0.2, 0) is 17.8 Å². The quantitative estimate of drug-likeness (QED) is 0.904. The van der Waals surface area contributed by atoms with E-state index in [0.717, 1.165) is 24.2 Å². The zero-order valence-electron chi connectivity index (χ0n) is 13.4. The summed E-state index contributed by atoms with van der Waals surface area (Å²) in [5.41, 5.74) is 1.92. The van der Waals surface area contributed by atoms with Gasteiger partial charge in [0, 0.05) is 31.1 Å². The molecule has 1 atom stereocenters. The van der Waals surface area contributed by atoms with Crippen molar-refractivity contribution in [2.75, 3.05) is 19.0 Å². The van der Waals surface area contributed by atoms with Gasteiger partial charge in [-0.15, -0.1) is 0 Å². The smallest absolute Gasteiger partial charge is 0.242 e. The minimum Gasteiger partial charge on any atom is -0.481 e. The monoisotopic (exact) mass is 317 g/mol. The molecular weight excluding hydrogens is 298 g/mol. The highest BCUT2D eigenvalue weighted by Crippen LogP contribution is 2.25. The number of hydrogen-bond acceptors (Lipinski definition) is 7. The fourth-order valence-corrected chi connectivity index (χ4v) is 2.66. The third-order valence-electron chi connectivity index (χ3n) is 3.99. The number of aryl methyl sites for hydroxylation is 1. The molecule has 8 nitrogen and oxygen atoms in total.